The van der Waals surface area contributed by atoms with Crippen molar-refractivity contribution >= 4 is 17.3 Å². The Labute approximate surface area is 106 Å². The van der Waals surface area contributed by atoms with Gasteiger partial charge in [-0.25, -0.2) is 9.78 Å². The summed E-state index contributed by atoms with van der Waals surface area (Å²) in [4.78, 5) is 16.6. The molecule has 2 rings (SSSR count). The maximum atomic E-state index is 10.9. The van der Waals surface area contributed by atoms with Gasteiger partial charge in [0.2, 0.25) is 0 Å². The molecule has 1 aromatic heterocycles. The third kappa shape index (κ3) is 2.48. The molecule has 4 nitrogen and oxygen atoms in total. The van der Waals surface area contributed by atoms with Gasteiger partial charge >= 0.3 is 5.97 Å². The lowest BCUT2D eigenvalue weighted by Crippen LogP contribution is -2.11. The van der Waals surface area contributed by atoms with Gasteiger partial charge in [-0.2, -0.15) is 0 Å². The number of nitrogens with zero attached hydrogens (tertiary/aromatic N) is 2. The van der Waals surface area contributed by atoms with Gasteiger partial charge in [0.15, 0.2) is 0 Å². The molecule has 1 N–H and O–H groups in total. The van der Waals surface area contributed by atoms with E-state index in [0.29, 0.717) is 0 Å². The number of carboxylic acid groups (broad SMARTS) is 1. The van der Waals surface area contributed by atoms with Crippen molar-refractivity contribution in [2.24, 2.45) is 0 Å². The van der Waals surface area contributed by atoms with Gasteiger partial charge in [-0.15, -0.1) is 0 Å². The van der Waals surface area contributed by atoms with Crippen molar-refractivity contribution in [2.45, 2.75) is 6.92 Å². The van der Waals surface area contributed by atoms with E-state index < -0.39 is 5.97 Å². The number of aryl methyl sites for hydroxylation is 1. The number of hydrogen-bond donors (Lipinski definition) is 1. The van der Waals surface area contributed by atoms with E-state index in [0.717, 1.165) is 11.4 Å². The van der Waals surface area contributed by atoms with Crippen LogP contribution >= 0.6 is 0 Å². The van der Waals surface area contributed by atoms with Crippen LogP contribution in [0.25, 0.3) is 0 Å². The molecule has 0 saturated carbocycles. The minimum Gasteiger partial charge on any atom is -0.477 e. The van der Waals surface area contributed by atoms with Crippen LogP contribution in [-0.4, -0.2) is 23.1 Å². The zero-order chi connectivity index (χ0) is 13.1. The van der Waals surface area contributed by atoms with Gasteiger partial charge in [-0.1, -0.05) is 17.7 Å². The van der Waals surface area contributed by atoms with Crippen molar-refractivity contribution in [1.29, 1.82) is 0 Å². The van der Waals surface area contributed by atoms with Crippen molar-refractivity contribution in [1.82, 2.24) is 4.98 Å². The number of aromatic nitrogens is 1. The van der Waals surface area contributed by atoms with Gasteiger partial charge in [-0.3, -0.25) is 0 Å². The van der Waals surface area contributed by atoms with Gasteiger partial charge in [0.25, 0.3) is 0 Å². The Bertz CT molecular complexity index is 564. The third-order valence-corrected chi connectivity index (χ3v) is 2.77. The van der Waals surface area contributed by atoms with E-state index in [-0.39, 0.29) is 5.69 Å². The summed E-state index contributed by atoms with van der Waals surface area (Å²) in [5.41, 5.74) is 3.04. The second-order valence-corrected chi connectivity index (χ2v) is 4.10. The number of benzene rings is 1. The summed E-state index contributed by atoms with van der Waals surface area (Å²) < 4.78 is 0. The Kier molecular flexibility index (Phi) is 3.28. The molecule has 0 aliphatic rings. The number of pyridine rings is 1. The minimum atomic E-state index is -1.02. The average molecular weight is 242 g/mol. The molecule has 92 valence electrons. The summed E-state index contributed by atoms with van der Waals surface area (Å²) >= 11 is 0. The highest BCUT2D eigenvalue weighted by Gasteiger charge is 2.08. The van der Waals surface area contributed by atoms with Crippen molar-refractivity contribution in [3.8, 4) is 0 Å². The number of aromatic carboxylic acids is 1. The summed E-state index contributed by atoms with van der Waals surface area (Å²) in [6.45, 7) is 2.03. The van der Waals surface area contributed by atoms with E-state index in [4.69, 9.17) is 5.11 Å². The second kappa shape index (κ2) is 4.87. The monoisotopic (exact) mass is 242 g/mol. The van der Waals surface area contributed by atoms with Crippen LogP contribution in [0, 0.1) is 6.92 Å². The maximum Gasteiger partial charge on any atom is 0.354 e. The predicted molar refractivity (Wildman–Crippen MR) is 70.4 cm³/mol. The van der Waals surface area contributed by atoms with Gasteiger partial charge in [0.1, 0.15) is 5.69 Å². The second-order valence-electron chi connectivity index (χ2n) is 4.10. The Balaban J connectivity index is 2.33. The highest BCUT2D eigenvalue weighted by molar-refractivity contribution is 5.86. The maximum absolute atomic E-state index is 10.9. The van der Waals surface area contributed by atoms with Crippen LogP contribution in [0.15, 0.2) is 42.6 Å². The minimum absolute atomic E-state index is 0.0476. The van der Waals surface area contributed by atoms with Crippen LogP contribution in [0.2, 0.25) is 0 Å². The molecule has 0 radical (unpaired) electrons. The number of anilines is 2. The zero-order valence-electron chi connectivity index (χ0n) is 10.3. The standard InChI is InChI=1S/C14H14N2O2/c1-10-3-5-11(6-4-10)16(2)12-7-8-15-13(9-12)14(17)18/h3-9H,1-2H3,(H,17,18). The summed E-state index contributed by atoms with van der Waals surface area (Å²) in [5.74, 6) is -1.02. The number of rotatable bonds is 3. The topological polar surface area (TPSA) is 53.4 Å². The lowest BCUT2D eigenvalue weighted by atomic mass is 10.2. The lowest BCUT2D eigenvalue weighted by molar-refractivity contribution is 0.0690. The molecule has 0 unspecified atom stereocenters. The van der Waals surface area contributed by atoms with E-state index >= 15 is 0 Å². The Morgan fingerprint density at radius 1 is 1.17 bits per heavy atom. The van der Waals surface area contributed by atoms with E-state index in [9.17, 15) is 4.79 Å². The molecule has 0 spiro atoms. The SMILES string of the molecule is Cc1ccc(N(C)c2ccnc(C(=O)O)c2)cc1. The molecule has 0 fully saturated rings. The summed E-state index contributed by atoms with van der Waals surface area (Å²) in [6, 6.07) is 11.4. The molecule has 2 aromatic rings. The predicted octanol–water partition coefficient (Wildman–Crippen LogP) is 2.86. The molecule has 0 aliphatic heterocycles. The molecule has 0 atom stereocenters. The fourth-order valence-corrected chi connectivity index (χ4v) is 1.66. The largest absolute Gasteiger partial charge is 0.477 e. The normalized spacial score (nSPS) is 10.1. The average Bonchev–Trinajstić information content (AvgIpc) is 2.39. The van der Waals surface area contributed by atoms with Gasteiger partial charge in [0, 0.05) is 24.6 Å². The Morgan fingerprint density at radius 3 is 2.44 bits per heavy atom. The zero-order valence-corrected chi connectivity index (χ0v) is 10.3. The van der Waals surface area contributed by atoms with Crippen molar-refractivity contribution in [2.75, 3.05) is 11.9 Å². The molecule has 0 saturated heterocycles. The van der Waals surface area contributed by atoms with E-state index in [2.05, 4.69) is 4.98 Å². The number of hydrogen-bond acceptors (Lipinski definition) is 3. The fraction of sp³-hybridized carbons (Fsp3) is 0.143. The van der Waals surface area contributed by atoms with E-state index in [1.165, 1.54) is 11.8 Å². The molecule has 1 aromatic carbocycles. The molecule has 1 heterocycles. The quantitative estimate of drug-likeness (QED) is 0.899. The molecular formula is C14H14N2O2. The first-order valence-corrected chi connectivity index (χ1v) is 5.57. The van der Waals surface area contributed by atoms with Gasteiger partial charge in [-0.05, 0) is 31.2 Å². The van der Waals surface area contributed by atoms with Gasteiger partial charge < -0.3 is 10.0 Å². The number of carboxylic acids is 1. The molecule has 0 amide bonds. The van der Waals surface area contributed by atoms with E-state index in [1.54, 1.807) is 12.1 Å². The first-order chi connectivity index (χ1) is 8.58. The van der Waals surface area contributed by atoms with Crippen LogP contribution in [-0.2, 0) is 0 Å². The lowest BCUT2D eigenvalue weighted by Gasteiger charge is -2.19. The third-order valence-electron chi connectivity index (χ3n) is 2.77. The number of carbonyl (C=O) groups is 1. The van der Waals surface area contributed by atoms with E-state index in [1.807, 2.05) is 43.1 Å². The smallest absolute Gasteiger partial charge is 0.354 e. The van der Waals surface area contributed by atoms with Crippen molar-refractivity contribution in [3.05, 3.63) is 53.9 Å². The summed E-state index contributed by atoms with van der Waals surface area (Å²) in [7, 11) is 1.89. The highest BCUT2D eigenvalue weighted by Crippen LogP contribution is 2.23. The van der Waals surface area contributed by atoms with Crippen LogP contribution < -0.4 is 4.90 Å². The molecular weight excluding hydrogens is 228 g/mol. The molecule has 0 aliphatic carbocycles. The van der Waals surface area contributed by atoms with Crippen molar-refractivity contribution in [3.63, 3.8) is 0 Å². The van der Waals surface area contributed by atoms with Crippen LogP contribution in [0.5, 0.6) is 0 Å². The van der Waals surface area contributed by atoms with Crippen LogP contribution in [0.3, 0.4) is 0 Å². The fourth-order valence-electron chi connectivity index (χ4n) is 1.66. The first kappa shape index (κ1) is 12.1. The molecule has 4 heteroatoms. The highest BCUT2D eigenvalue weighted by atomic mass is 16.4. The summed E-state index contributed by atoms with van der Waals surface area (Å²) in [6.07, 6.45) is 1.50. The Hall–Kier alpha value is -2.36. The van der Waals surface area contributed by atoms with Crippen LogP contribution in [0.1, 0.15) is 16.1 Å². The summed E-state index contributed by atoms with van der Waals surface area (Å²) in [5, 5.41) is 8.92. The Morgan fingerprint density at radius 2 is 1.83 bits per heavy atom. The molecule has 18 heavy (non-hydrogen) atoms. The van der Waals surface area contributed by atoms with Gasteiger partial charge in [0.05, 0.1) is 0 Å². The molecule has 0 bridgehead atoms. The van der Waals surface area contributed by atoms with Crippen LogP contribution in [0.4, 0.5) is 11.4 Å². The first-order valence-electron chi connectivity index (χ1n) is 5.57. The van der Waals surface area contributed by atoms with Crippen molar-refractivity contribution < 1.29 is 9.90 Å².